The number of anilines is 1. The van der Waals surface area contributed by atoms with Gasteiger partial charge in [-0.3, -0.25) is 0 Å². The van der Waals surface area contributed by atoms with Crippen LogP contribution in [0.5, 0.6) is 0 Å². The van der Waals surface area contributed by atoms with Crippen molar-refractivity contribution in [1.82, 2.24) is 0 Å². The van der Waals surface area contributed by atoms with Gasteiger partial charge in [-0.05, 0) is 30.7 Å². The van der Waals surface area contributed by atoms with Crippen LogP contribution in [0, 0.1) is 12.7 Å². The average molecular weight is 221 g/mol. The van der Waals surface area contributed by atoms with Crippen molar-refractivity contribution in [3.8, 4) is 0 Å². The Kier molecular flexibility index (Phi) is 4.00. The van der Waals surface area contributed by atoms with Crippen molar-refractivity contribution in [3.05, 3.63) is 66.4 Å². The summed E-state index contributed by atoms with van der Waals surface area (Å²) in [7, 11) is 0. The van der Waals surface area contributed by atoms with Crippen LogP contribution in [-0.4, -0.2) is 0 Å². The molecule has 0 aromatic heterocycles. The van der Waals surface area contributed by atoms with Gasteiger partial charge in [0.25, 0.3) is 0 Å². The van der Waals surface area contributed by atoms with Crippen LogP contribution >= 0.6 is 0 Å². The second-order valence-corrected chi connectivity index (χ2v) is 3.33. The molecular formula is C13H13F2N. The fraction of sp³-hybridized carbons (Fsp3) is 0.0769. The molecule has 0 aliphatic heterocycles. The lowest BCUT2D eigenvalue weighted by Gasteiger charge is -2.09. The SMILES string of the molecule is C=C/C=C(\Nc1ccc(C)cc1F)C(=C)F. The van der Waals surface area contributed by atoms with Gasteiger partial charge < -0.3 is 5.32 Å². The number of hydrogen-bond acceptors (Lipinski definition) is 1. The minimum absolute atomic E-state index is 0.0951. The molecule has 0 atom stereocenters. The Labute approximate surface area is 93.8 Å². The number of aryl methyl sites for hydroxylation is 1. The second-order valence-electron chi connectivity index (χ2n) is 3.33. The molecule has 0 heterocycles. The van der Waals surface area contributed by atoms with E-state index in [9.17, 15) is 8.78 Å². The summed E-state index contributed by atoms with van der Waals surface area (Å²) in [6, 6.07) is 4.65. The maximum absolute atomic E-state index is 13.4. The highest BCUT2D eigenvalue weighted by atomic mass is 19.1. The van der Waals surface area contributed by atoms with Crippen LogP contribution < -0.4 is 5.32 Å². The third-order valence-corrected chi connectivity index (χ3v) is 1.97. The number of nitrogens with one attached hydrogen (secondary N) is 1. The van der Waals surface area contributed by atoms with Crippen molar-refractivity contribution in [3.63, 3.8) is 0 Å². The molecule has 1 aromatic carbocycles. The van der Waals surface area contributed by atoms with Crippen molar-refractivity contribution >= 4 is 5.69 Å². The van der Waals surface area contributed by atoms with Crippen molar-refractivity contribution in [1.29, 1.82) is 0 Å². The summed E-state index contributed by atoms with van der Waals surface area (Å²) in [5.74, 6) is -1.10. The van der Waals surface area contributed by atoms with E-state index in [0.717, 1.165) is 5.56 Å². The maximum Gasteiger partial charge on any atom is 0.146 e. The van der Waals surface area contributed by atoms with E-state index in [1.54, 1.807) is 19.1 Å². The average Bonchev–Trinajstić information content (AvgIpc) is 2.20. The smallest absolute Gasteiger partial charge is 0.146 e. The summed E-state index contributed by atoms with van der Waals surface area (Å²) >= 11 is 0. The van der Waals surface area contributed by atoms with Gasteiger partial charge in [-0.1, -0.05) is 25.3 Å². The molecule has 0 spiro atoms. The first-order valence-electron chi connectivity index (χ1n) is 4.75. The molecule has 0 saturated heterocycles. The fourth-order valence-corrected chi connectivity index (χ4v) is 1.18. The quantitative estimate of drug-likeness (QED) is 0.755. The molecule has 3 heteroatoms. The first-order valence-corrected chi connectivity index (χ1v) is 4.75. The fourth-order valence-electron chi connectivity index (χ4n) is 1.18. The van der Waals surface area contributed by atoms with Crippen LogP contribution in [0.3, 0.4) is 0 Å². The van der Waals surface area contributed by atoms with Crippen molar-refractivity contribution in [2.75, 3.05) is 5.32 Å². The third-order valence-electron chi connectivity index (χ3n) is 1.97. The molecule has 84 valence electrons. The Morgan fingerprint density at radius 1 is 1.44 bits per heavy atom. The lowest BCUT2D eigenvalue weighted by Crippen LogP contribution is -2.01. The van der Waals surface area contributed by atoms with Gasteiger partial charge >= 0.3 is 0 Å². The zero-order chi connectivity index (χ0) is 12.1. The van der Waals surface area contributed by atoms with E-state index in [-0.39, 0.29) is 11.4 Å². The second kappa shape index (κ2) is 5.26. The van der Waals surface area contributed by atoms with Gasteiger partial charge in [0.2, 0.25) is 0 Å². The Morgan fingerprint density at radius 3 is 2.62 bits per heavy atom. The summed E-state index contributed by atoms with van der Waals surface area (Å²) in [6.07, 6.45) is 2.79. The first-order chi connectivity index (χ1) is 7.54. The molecule has 1 rings (SSSR count). The number of allylic oxidation sites excluding steroid dienone is 3. The highest BCUT2D eigenvalue weighted by Crippen LogP contribution is 2.20. The molecule has 0 aliphatic rings. The summed E-state index contributed by atoms with van der Waals surface area (Å²) in [5, 5.41) is 2.62. The van der Waals surface area contributed by atoms with E-state index in [1.807, 2.05) is 0 Å². The predicted octanol–water partition coefficient (Wildman–Crippen LogP) is 4.10. The molecule has 1 N–H and O–H groups in total. The zero-order valence-corrected chi connectivity index (χ0v) is 9.06. The number of hydrogen-bond donors (Lipinski definition) is 1. The molecule has 0 unspecified atom stereocenters. The van der Waals surface area contributed by atoms with Crippen molar-refractivity contribution < 1.29 is 8.78 Å². The van der Waals surface area contributed by atoms with E-state index in [1.165, 1.54) is 18.2 Å². The Hall–Kier alpha value is -1.90. The van der Waals surface area contributed by atoms with E-state index in [2.05, 4.69) is 18.5 Å². The normalized spacial score (nSPS) is 11.1. The largest absolute Gasteiger partial charge is 0.351 e. The summed E-state index contributed by atoms with van der Waals surface area (Å²) < 4.78 is 26.4. The molecule has 0 fully saturated rings. The molecule has 0 aliphatic carbocycles. The van der Waals surface area contributed by atoms with Gasteiger partial charge in [-0.25, -0.2) is 8.78 Å². The molecule has 1 nitrogen and oxygen atoms in total. The summed E-state index contributed by atoms with van der Waals surface area (Å²) in [6.45, 7) is 8.37. The van der Waals surface area contributed by atoms with Gasteiger partial charge in [0.05, 0.1) is 11.4 Å². The minimum atomic E-state index is -0.667. The van der Waals surface area contributed by atoms with Gasteiger partial charge in [-0.15, -0.1) is 0 Å². The Balaban J connectivity index is 2.98. The van der Waals surface area contributed by atoms with Gasteiger partial charge in [0, 0.05) is 0 Å². The van der Waals surface area contributed by atoms with Crippen LogP contribution in [0.15, 0.2) is 55.0 Å². The van der Waals surface area contributed by atoms with Crippen LogP contribution in [-0.2, 0) is 0 Å². The van der Waals surface area contributed by atoms with E-state index >= 15 is 0 Å². The van der Waals surface area contributed by atoms with E-state index in [0.29, 0.717) is 0 Å². The molecule has 1 aromatic rings. The molecular weight excluding hydrogens is 208 g/mol. The number of benzene rings is 1. The van der Waals surface area contributed by atoms with E-state index in [4.69, 9.17) is 0 Å². The summed E-state index contributed by atoms with van der Waals surface area (Å²) in [5.41, 5.74) is 1.10. The van der Waals surface area contributed by atoms with Crippen LogP contribution in [0.4, 0.5) is 14.5 Å². The lowest BCUT2D eigenvalue weighted by molar-refractivity contribution is 0.627. The standard InChI is InChI=1S/C13H13F2N/c1-4-5-12(10(3)14)16-13-7-6-9(2)8-11(13)15/h4-8,16H,1,3H2,2H3/b12-5-. The monoisotopic (exact) mass is 221 g/mol. The molecule has 0 bridgehead atoms. The van der Waals surface area contributed by atoms with Gasteiger partial charge in [-0.2, -0.15) is 0 Å². The minimum Gasteiger partial charge on any atom is -0.351 e. The van der Waals surface area contributed by atoms with Crippen LogP contribution in [0.25, 0.3) is 0 Å². The van der Waals surface area contributed by atoms with E-state index < -0.39 is 11.6 Å². The van der Waals surface area contributed by atoms with Crippen molar-refractivity contribution in [2.45, 2.75) is 6.92 Å². The molecule has 16 heavy (non-hydrogen) atoms. The highest BCUT2D eigenvalue weighted by molar-refractivity contribution is 5.54. The van der Waals surface area contributed by atoms with Crippen LogP contribution in [0.1, 0.15) is 5.56 Å². The highest BCUT2D eigenvalue weighted by Gasteiger charge is 2.06. The van der Waals surface area contributed by atoms with Crippen LogP contribution in [0.2, 0.25) is 0 Å². The van der Waals surface area contributed by atoms with Gasteiger partial charge in [0.1, 0.15) is 11.6 Å². The number of halogens is 2. The zero-order valence-electron chi connectivity index (χ0n) is 9.06. The first kappa shape index (κ1) is 12.2. The summed E-state index contributed by atoms with van der Waals surface area (Å²) in [4.78, 5) is 0. The Morgan fingerprint density at radius 2 is 2.12 bits per heavy atom. The van der Waals surface area contributed by atoms with Crippen molar-refractivity contribution in [2.24, 2.45) is 0 Å². The molecule has 0 radical (unpaired) electrons. The maximum atomic E-state index is 13.4. The number of rotatable bonds is 4. The lowest BCUT2D eigenvalue weighted by atomic mass is 10.2. The molecule has 0 saturated carbocycles. The topological polar surface area (TPSA) is 12.0 Å². The van der Waals surface area contributed by atoms with Gasteiger partial charge in [0.15, 0.2) is 0 Å². The molecule has 0 amide bonds. The third kappa shape index (κ3) is 3.05. The predicted molar refractivity (Wildman–Crippen MR) is 63.3 cm³/mol. The Bertz CT molecular complexity index is 447.